The summed E-state index contributed by atoms with van der Waals surface area (Å²) in [6.45, 7) is 3.49. The van der Waals surface area contributed by atoms with Crippen molar-refractivity contribution in [2.75, 3.05) is 0 Å². The summed E-state index contributed by atoms with van der Waals surface area (Å²) in [6, 6.07) is 0. The summed E-state index contributed by atoms with van der Waals surface area (Å²) >= 11 is 0. The second kappa shape index (κ2) is 5.83. The first kappa shape index (κ1) is 15.8. The maximum absolute atomic E-state index is 13.1. The molecule has 0 bridgehead atoms. The molecule has 0 spiro atoms. The standard InChI is InChI=1S/C11H16F5N3/c1-3-4-5-6-7-19-8(2)9(17-18-19)10(12,13)11(14,15)16/h3-7H2,1-2H3. The second-order valence-electron chi connectivity index (χ2n) is 4.38. The van der Waals surface area contributed by atoms with Crippen molar-refractivity contribution < 1.29 is 22.0 Å². The zero-order valence-corrected chi connectivity index (χ0v) is 10.8. The SMILES string of the molecule is CCCCCCn1nnc(C(F)(F)C(F)(F)F)c1C. The van der Waals surface area contributed by atoms with Crippen LogP contribution in [0, 0.1) is 6.92 Å². The number of hydrogen-bond acceptors (Lipinski definition) is 2. The molecule has 0 aromatic carbocycles. The van der Waals surface area contributed by atoms with E-state index in [9.17, 15) is 22.0 Å². The van der Waals surface area contributed by atoms with Gasteiger partial charge >= 0.3 is 12.1 Å². The van der Waals surface area contributed by atoms with Gasteiger partial charge in [0.2, 0.25) is 0 Å². The van der Waals surface area contributed by atoms with E-state index < -0.39 is 17.8 Å². The Kier molecular flexibility index (Phi) is 4.86. The Balaban J connectivity index is 2.81. The fourth-order valence-electron chi connectivity index (χ4n) is 1.69. The average Bonchev–Trinajstić information content (AvgIpc) is 2.65. The van der Waals surface area contributed by atoms with Gasteiger partial charge in [0.15, 0.2) is 5.69 Å². The van der Waals surface area contributed by atoms with Crippen molar-refractivity contribution in [1.29, 1.82) is 0 Å². The Bertz CT molecular complexity index is 411. The van der Waals surface area contributed by atoms with E-state index in [-0.39, 0.29) is 5.69 Å². The van der Waals surface area contributed by atoms with Gasteiger partial charge < -0.3 is 0 Å². The minimum Gasteiger partial charge on any atom is -0.249 e. The van der Waals surface area contributed by atoms with Crippen LogP contribution in [0.15, 0.2) is 0 Å². The highest BCUT2D eigenvalue weighted by atomic mass is 19.4. The molecule has 0 radical (unpaired) electrons. The van der Waals surface area contributed by atoms with Gasteiger partial charge in [-0.15, -0.1) is 5.10 Å². The van der Waals surface area contributed by atoms with Gasteiger partial charge in [0.1, 0.15) is 0 Å². The van der Waals surface area contributed by atoms with E-state index in [1.165, 1.54) is 6.92 Å². The van der Waals surface area contributed by atoms with Crippen LogP contribution < -0.4 is 0 Å². The van der Waals surface area contributed by atoms with E-state index in [0.29, 0.717) is 13.0 Å². The van der Waals surface area contributed by atoms with E-state index in [4.69, 9.17) is 0 Å². The normalized spacial score (nSPS) is 13.0. The Morgan fingerprint density at radius 1 is 1.05 bits per heavy atom. The molecule has 0 fully saturated rings. The fourth-order valence-corrected chi connectivity index (χ4v) is 1.69. The van der Waals surface area contributed by atoms with Crippen molar-refractivity contribution in [1.82, 2.24) is 15.0 Å². The summed E-state index contributed by atoms with van der Waals surface area (Å²) in [5, 5.41) is 6.38. The molecular weight excluding hydrogens is 269 g/mol. The van der Waals surface area contributed by atoms with E-state index in [0.717, 1.165) is 23.9 Å². The molecule has 0 saturated heterocycles. The molecule has 1 aromatic rings. The van der Waals surface area contributed by atoms with Crippen LogP contribution in [0.5, 0.6) is 0 Å². The molecule has 1 heterocycles. The summed E-state index contributed by atoms with van der Waals surface area (Å²) < 4.78 is 64.1. The molecule has 8 heteroatoms. The first-order valence-corrected chi connectivity index (χ1v) is 6.07. The number of halogens is 5. The molecule has 0 unspecified atom stereocenters. The van der Waals surface area contributed by atoms with Crippen molar-refractivity contribution in [3.05, 3.63) is 11.4 Å². The van der Waals surface area contributed by atoms with Crippen LogP contribution in [-0.2, 0) is 12.5 Å². The number of nitrogens with zero attached hydrogens (tertiary/aromatic N) is 3. The van der Waals surface area contributed by atoms with Crippen LogP contribution in [-0.4, -0.2) is 21.2 Å². The monoisotopic (exact) mass is 285 g/mol. The molecule has 0 amide bonds. The summed E-state index contributed by atoms with van der Waals surface area (Å²) in [6.07, 6.45) is -2.11. The van der Waals surface area contributed by atoms with Crippen molar-refractivity contribution in [3.63, 3.8) is 0 Å². The van der Waals surface area contributed by atoms with Crippen LogP contribution in [0.3, 0.4) is 0 Å². The molecule has 0 aliphatic carbocycles. The van der Waals surface area contributed by atoms with Crippen molar-refractivity contribution >= 4 is 0 Å². The van der Waals surface area contributed by atoms with Crippen LogP contribution in [0.2, 0.25) is 0 Å². The highest BCUT2D eigenvalue weighted by Crippen LogP contribution is 2.43. The lowest BCUT2D eigenvalue weighted by atomic mass is 10.2. The van der Waals surface area contributed by atoms with E-state index in [1.807, 2.05) is 6.92 Å². The molecule has 1 rings (SSSR count). The van der Waals surface area contributed by atoms with Crippen LogP contribution >= 0.6 is 0 Å². The molecule has 3 nitrogen and oxygen atoms in total. The lowest BCUT2D eigenvalue weighted by molar-refractivity contribution is -0.291. The Labute approximate surface area is 107 Å². The van der Waals surface area contributed by atoms with Gasteiger partial charge in [0.05, 0.1) is 5.69 Å². The first-order valence-electron chi connectivity index (χ1n) is 6.07. The van der Waals surface area contributed by atoms with E-state index in [2.05, 4.69) is 10.3 Å². The molecule has 110 valence electrons. The molecule has 0 aliphatic heterocycles. The highest BCUT2D eigenvalue weighted by Gasteiger charge is 2.61. The number of unbranched alkanes of at least 4 members (excludes halogenated alkanes) is 3. The molecule has 19 heavy (non-hydrogen) atoms. The number of alkyl halides is 5. The van der Waals surface area contributed by atoms with E-state index in [1.54, 1.807) is 0 Å². The highest BCUT2D eigenvalue weighted by molar-refractivity contribution is 5.16. The fraction of sp³-hybridized carbons (Fsp3) is 0.818. The molecule has 0 N–H and O–H groups in total. The first-order chi connectivity index (χ1) is 8.71. The second-order valence-corrected chi connectivity index (χ2v) is 4.38. The van der Waals surface area contributed by atoms with E-state index >= 15 is 0 Å². The molecule has 0 atom stereocenters. The summed E-state index contributed by atoms with van der Waals surface area (Å²) in [4.78, 5) is 0. The largest absolute Gasteiger partial charge is 0.459 e. The molecule has 0 saturated carbocycles. The van der Waals surface area contributed by atoms with Gasteiger partial charge in [0, 0.05) is 6.54 Å². The smallest absolute Gasteiger partial charge is 0.249 e. The third-order valence-corrected chi connectivity index (χ3v) is 2.86. The number of hydrogen-bond donors (Lipinski definition) is 0. The van der Waals surface area contributed by atoms with Crippen LogP contribution in [0.4, 0.5) is 22.0 Å². The van der Waals surface area contributed by atoms with Gasteiger partial charge in [-0.05, 0) is 13.3 Å². The minimum atomic E-state index is -5.65. The minimum absolute atomic E-state index is 0.237. The number of aromatic nitrogens is 3. The number of rotatable bonds is 6. The van der Waals surface area contributed by atoms with Crippen molar-refractivity contribution in [2.45, 2.75) is 58.2 Å². The van der Waals surface area contributed by atoms with Crippen molar-refractivity contribution in [2.24, 2.45) is 0 Å². The molecule has 1 aromatic heterocycles. The Morgan fingerprint density at radius 2 is 1.68 bits per heavy atom. The van der Waals surface area contributed by atoms with Gasteiger partial charge in [-0.1, -0.05) is 31.4 Å². The lowest BCUT2D eigenvalue weighted by Crippen LogP contribution is -2.34. The zero-order chi connectivity index (χ0) is 14.7. The maximum atomic E-state index is 13.1. The van der Waals surface area contributed by atoms with Gasteiger partial charge in [0.25, 0.3) is 0 Å². The topological polar surface area (TPSA) is 30.7 Å². The van der Waals surface area contributed by atoms with Gasteiger partial charge in [-0.3, -0.25) is 0 Å². The van der Waals surface area contributed by atoms with Crippen LogP contribution in [0.1, 0.15) is 44.0 Å². The number of aryl methyl sites for hydroxylation is 1. The summed E-state index contributed by atoms with van der Waals surface area (Å²) in [5.74, 6) is -4.96. The predicted molar refractivity (Wildman–Crippen MR) is 58.9 cm³/mol. The molecule has 0 aliphatic rings. The third kappa shape index (κ3) is 3.42. The molecular formula is C11H16F5N3. The zero-order valence-electron chi connectivity index (χ0n) is 10.8. The predicted octanol–water partition coefficient (Wildman–Crippen LogP) is 3.82. The van der Waals surface area contributed by atoms with Gasteiger partial charge in [-0.2, -0.15) is 22.0 Å². The summed E-state index contributed by atoms with van der Waals surface area (Å²) in [7, 11) is 0. The maximum Gasteiger partial charge on any atom is 0.459 e. The quantitative estimate of drug-likeness (QED) is 0.587. The van der Waals surface area contributed by atoms with Crippen LogP contribution in [0.25, 0.3) is 0 Å². The Morgan fingerprint density at radius 3 is 2.21 bits per heavy atom. The van der Waals surface area contributed by atoms with Gasteiger partial charge in [-0.25, -0.2) is 4.68 Å². The van der Waals surface area contributed by atoms with Crippen molar-refractivity contribution in [3.8, 4) is 0 Å². The summed E-state index contributed by atoms with van der Waals surface area (Å²) in [5.41, 5.74) is -1.55. The Hall–Kier alpha value is -1.21. The average molecular weight is 285 g/mol. The third-order valence-electron chi connectivity index (χ3n) is 2.86. The lowest BCUT2D eigenvalue weighted by Gasteiger charge is -2.17.